The van der Waals surface area contributed by atoms with Crippen LogP contribution in [0.5, 0.6) is 5.75 Å². The minimum atomic E-state index is -2.82. The Balaban J connectivity index is 1.21. The van der Waals surface area contributed by atoms with E-state index in [4.69, 9.17) is 32.8 Å². The van der Waals surface area contributed by atoms with E-state index in [0.717, 1.165) is 11.3 Å². The highest BCUT2D eigenvalue weighted by Gasteiger charge is 2.81. The number of methoxy groups -OCH3 is 2. The summed E-state index contributed by atoms with van der Waals surface area (Å²) < 4.78 is 44.6. The van der Waals surface area contributed by atoms with Crippen LogP contribution in [-0.2, 0) is 39.5 Å². The first-order valence-electron chi connectivity index (χ1n) is 20.2. The SMILES string of the molecule is COc1ccc(COC[C@@H](C)CC2([C@@]34OC(=O)[C@@H]([C@H](O)[C@H](CCO[Si](c5ccccc5)(c5ccccc5)C(C)(C)C)OC)[C@@H]3CC4(C)C)COC(C)(C)O2)cc1. The molecule has 1 unspecified atom stereocenters. The minimum Gasteiger partial charge on any atom is -0.497 e. The van der Waals surface area contributed by atoms with Gasteiger partial charge in [-0.25, -0.2) is 0 Å². The van der Waals surface area contributed by atoms with E-state index in [9.17, 15) is 9.90 Å². The number of esters is 1. The third-order valence-electron chi connectivity index (χ3n) is 12.7. The number of aliphatic hydroxyl groups is 1. The molecule has 0 amide bonds. The summed E-state index contributed by atoms with van der Waals surface area (Å²) in [7, 11) is 0.433. The molecule has 7 atom stereocenters. The van der Waals surface area contributed by atoms with Gasteiger partial charge in [0.15, 0.2) is 11.4 Å². The molecular formula is C46H64O9Si. The molecule has 9 nitrogen and oxygen atoms in total. The number of rotatable bonds is 17. The van der Waals surface area contributed by atoms with Crippen molar-refractivity contribution in [1.82, 2.24) is 0 Å². The Bertz CT molecular complexity index is 1720. The van der Waals surface area contributed by atoms with E-state index < -0.39 is 54.8 Å². The van der Waals surface area contributed by atoms with E-state index >= 15 is 0 Å². The van der Waals surface area contributed by atoms with Crippen molar-refractivity contribution in [3.63, 3.8) is 0 Å². The standard InChI is InChI=1S/C46H64O9Si/c1-32(29-51-30-33-21-23-34(49-9)24-22-33)27-45(31-52-44(7,8)55-45)46-37(28-43(46,5)6)39(41(48)54-46)40(47)38(50-10)25-26-53-56(42(2,3)4,35-17-13-11-14-18-35)36-19-15-12-16-20-36/h11-24,32,37-40,47H,25-31H2,1-10H3/t32-,37-,38-,39+,40+,45?,46+/m0/s1. The zero-order valence-corrected chi connectivity index (χ0v) is 36.1. The van der Waals surface area contributed by atoms with Crippen LogP contribution < -0.4 is 15.1 Å². The number of carbonyl (C=O) groups excluding carboxylic acids is 1. The molecule has 0 aromatic heterocycles. The molecule has 1 N–H and O–H groups in total. The Hall–Kier alpha value is -3.09. The molecule has 2 aliphatic heterocycles. The predicted molar refractivity (Wildman–Crippen MR) is 219 cm³/mol. The zero-order valence-electron chi connectivity index (χ0n) is 35.1. The number of aliphatic hydroxyl groups excluding tert-OH is 1. The van der Waals surface area contributed by atoms with E-state index in [0.29, 0.717) is 39.1 Å². The van der Waals surface area contributed by atoms with Gasteiger partial charge in [0.05, 0.1) is 38.4 Å². The molecule has 3 aromatic rings. The molecule has 2 saturated heterocycles. The molecule has 1 aliphatic carbocycles. The monoisotopic (exact) mass is 788 g/mol. The molecule has 2 heterocycles. The van der Waals surface area contributed by atoms with Crippen molar-refractivity contribution < 1.29 is 42.7 Å². The smallest absolute Gasteiger partial charge is 0.312 e. The summed E-state index contributed by atoms with van der Waals surface area (Å²) >= 11 is 0. The quantitative estimate of drug-likeness (QED) is 0.114. The summed E-state index contributed by atoms with van der Waals surface area (Å²) in [6.45, 7) is 18.5. The summed E-state index contributed by atoms with van der Waals surface area (Å²) in [6, 6.07) is 28.9. The molecule has 1 saturated carbocycles. The van der Waals surface area contributed by atoms with Gasteiger partial charge in [0.1, 0.15) is 11.4 Å². The Morgan fingerprint density at radius 3 is 2.02 bits per heavy atom. The van der Waals surface area contributed by atoms with Crippen molar-refractivity contribution in [2.45, 2.75) is 115 Å². The van der Waals surface area contributed by atoms with E-state index in [1.807, 2.05) is 50.2 Å². The van der Waals surface area contributed by atoms with E-state index in [1.165, 1.54) is 10.4 Å². The molecule has 3 fully saturated rings. The van der Waals surface area contributed by atoms with Gasteiger partial charge in [0.2, 0.25) is 0 Å². The zero-order chi connectivity index (χ0) is 40.6. The Morgan fingerprint density at radius 2 is 1.52 bits per heavy atom. The maximum Gasteiger partial charge on any atom is 0.312 e. The molecule has 0 bridgehead atoms. The highest BCUT2D eigenvalue weighted by molar-refractivity contribution is 6.99. The number of ether oxygens (including phenoxy) is 6. The second kappa shape index (κ2) is 16.3. The highest BCUT2D eigenvalue weighted by atomic mass is 28.4. The molecule has 306 valence electrons. The largest absolute Gasteiger partial charge is 0.497 e. The normalized spacial score (nSPS) is 27.2. The Labute approximate surface area is 335 Å². The average Bonchev–Trinajstić information content (AvgIpc) is 3.62. The number of carbonyl (C=O) groups is 1. The third kappa shape index (κ3) is 7.63. The Kier molecular flexibility index (Phi) is 12.4. The maximum absolute atomic E-state index is 14.3. The van der Waals surface area contributed by atoms with E-state index in [2.05, 4.69) is 90.1 Å². The van der Waals surface area contributed by atoms with Gasteiger partial charge in [-0.1, -0.05) is 114 Å². The van der Waals surface area contributed by atoms with Crippen LogP contribution in [0.4, 0.5) is 0 Å². The number of fused-ring (bicyclic) bond motifs is 1. The maximum atomic E-state index is 14.3. The summed E-state index contributed by atoms with van der Waals surface area (Å²) in [5.74, 6) is -1.56. The van der Waals surface area contributed by atoms with Gasteiger partial charge in [-0.2, -0.15) is 0 Å². The van der Waals surface area contributed by atoms with Crippen LogP contribution in [-0.4, -0.2) is 82.6 Å². The van der Waals surface area contributed by atoms with Crippen molar-refractivity contribution in [1.29, 1.82) is 0 Å². The number of hydrogen-bond acceptors (Lipinski definition) is 9. The molecule has 0 radical (unpaired) electrons. The Morgan fingerprint density at radius 1 is 0.911 bits per heavy atom. The van der Waals surface area contributed by atoms with Gasteiger partial charge in [0, 0.05) is 31.7 Å². The summed E-state index contributed by atoms with van der Waals surface area (Å²) in [4.78, 5) is 14.3. The van der Waals surface area contributed by atoms with Crippen LogP contribution in [0.3, 0.4) is 0 Å². The first-order chi connectivity index (χ1) is 26.5. The van der Waals surface area contributed by atoms with Crippen LogP contribution in [0.25, 0.3) is 0 Å². The van der Waals surface area contributed by atoms with Crippen molar-refractivity contribution in [3.8, 4) is 5.75 Å². The van der Waals surface area contributed by atoms with Gasteiger partial charge in [-0.05, 0) is 72.1 Å². The van der Waals surface area contributed by atoms with Crippen LogP contribution in [0.15, 0.2) is 84.9 Å². The lowest BCUT2D eigenvalue weighted by molar-refractivity contribution is -0.302. The molecule has 0 spiro atoms. The van der Waals surface area contributed by atoms with Crippen LogP contribution in [0.2, 0.25) is 5.04 Å². The van der Waals surface area contributed by atoms with Crippen molar-refractivity contribution in [3.05, 3.63) is 90.5 Å². The minimum absolute atomic E-state index is 0.0465. The molecule has 10 heteroatoms. The molecule has 3 aliphatic rings. The first kappa shape index (κ1) is 42.5. The van der Waals surface area contributed by atoms with Crippen LogP contribution in [0, 0.1) is 23.2 Å². The molecule has 6 rings (SSSR count). The van der Waals surface area contributed by atoms with Crippen LogP contribution in [0.1, 0.15) is 80.2 Å². The van der Waals surface area contributed by atoms with Crippen molar-refractivity contribution >= 4 is 24.7 Å². The fourth-order valence-corrected chi connectivity index (χ4v) is 14.9. The topological polar surface area (TPSA) is 102 Å². The van der Waals surface area contributed by atoms with Crippen molar-refractivity contribution in [2.24, 2.45) is 23.2 Å². The lowest BCUT2D eigenvalue weighted by atomic mass is 9.44. The van der Waals surface area contributed by atoms with E-state index in [-0.39, 0.29) is 23.5 Å². The first-order valence-corrected chi connectivity index (χ1v) is 22.1. The average molecular weight is 789 g/mol. The molecule has 3 aromatic carbocycles. The van der Waals surface area contributed by atoms with Gasteiger partial charge in [-0.3, -0.25) is 4.79 Å². The van der Waals surface area contributed by atoms with Crippen molar-refractivity contribution in [2.75, 3.05) is 34.0 Å². The van der Waals surface area contributed by atoms with E-state index in [1.54, 1.807) is 14.2 Å². The van der Waals surface area contributed by atoms with Gasteiger partial charge in [0.25, 0.3) is 8.32 Å². The second-order valence-corrected chi connectivity index (χ2v) is 22.7. The van der Waals surface area contributed by atoms with Gasteiger partial charge >= 0.3 is 5.97 Å². The number of benzene rings is 3. The fraction of sp³-hybridized carbons (Fsp3) is 0.587. The molecule has 56 heavy (non-hydrogen) atoms. The fourth-order valence-electron chi connectivity index (χ4n) is 10.4. The lowest BCUT2D eigenvalue weighted by Crippen LogP contribution is -2.75. The van der Waals surface area contributed by atoms with Crippen LogP contribution >= 0.6 is 0 Å². The second-order valence-electron chi connectivity index (χ2n) is 18.4. The summed E-state index contributed by atoms with van der Waals surface area (Å²) in [5, 5.41) is 14.4. The lowest BCUT2D eigenvalue weighted by Gasteiger charge is -2.64. The third-order valence-corrected chi connectivity index (χ3v) is 17.7. The summed E-state index contributed by atoms with van der Waals surface area (Å²) in [6.07, 6.45) is -0.145. The highest BCUT2D eigenvalue weighted by Crippen LogP contribution is 2.70. The number of hydrogen-bond donors (Lipinski definition) is 1. The predicted octanol–water partition coefficient (Wildman–Crippen LogP) is 7.06. The van der Waals surface area contributed by atoms with Gasteiger partial charge < -0.3 is 38.0 Å². The molecular weight excluding hydrogens is 725 g/mol. The summed E-state index contributed by atoms with van der Waals surface area (Å²) in [5.41, 5.74) is -1.36. The van der Waals surface area contributed by atoms with Gasteiger partial charge in [-0.15, -0.1) is 0 Å².